The minimum atomic E-state index is 0.439. The van der Waals surface area contributed by atoms with Crippen molar-refractivity contribution in [2.45, 2.75) is 53.4 Å². The first-order valence-electron chi connectivity index (χ1n) is 5.62. The van der Waals surface area contributed by atoms with Crippen LogP contribution in [0.3, 0.4) is 0 Å². The first-order chi connectivity index (χ1) is 5.92. The van der Waals surface area contributed by atoms with Crippen molar-refractivity contribution in [3.63, 3.8) is 0 Å². The summed E-state index contributed by atoms with van der Waals surface area (Å²) < 4.78 is 0. The summed E-state index contributed by atoms with van der Waals surface area (Å²) in [4.78, 5) is 0. The third-order valence-electron chi connectivity index (χ3n) is 4.49. The smallest absolute Gasteiger partial charge is 0.00232 e. The molecule has 2 N–H and O–H groups in total. The summed E-state index contributed by atoms with van der Waals surface area (Å²) in [6.45, 7) is 10.3. The van der Waals surface area contributed by atoms with Gasteiger partial charge in [0, 0.05) is 0 Å². The Morgan fingerprint density at radius 2 is 1.54 bits per heavy atom. The lowest BCUT2D eigenvalue weighted by molar-refractivity contribution is 0.0695. The number of hydrogen-bond acceptors (Lipinski definition) is 1. The van der Waals surface area contributed by atoms with E-state index in [0.29, 0.717) is 10.8 Å². The minimum absolute atomic E-state index is 0.439. The summed E-state index contributed by atoms with van der Waals surface area (Å²) in [6.07, 6.45) is 5.35. The number of rotatable bonds is 2. The van der Waals surface area contributed by atoms with E-state index in [1.807, 2.05) is 0 Å². The largest absolute Gasteiger partial charge is 0.330 e. The molecule has 0 aromatic heterocycles. The number of nitrogens with two attached hydrogens (primary N) is 1. The van der Waals surface area contributed by atoms with Crippen LogP contribution in [-0.4, -0.2) is 6.54 Å². The molecule has 1 rings (SSSR count). The summed E-state index contributed by atoms with van der Waals surface area (Å²) in [5.74, 6) is 0.815. The van der Waals surface area contributed by atoms with Crippen molar-refractivity contribution in [2.24, 2.45) is 22.5 Å². The molecule has 0 amide bonds. The van der Waals surface area contributed by atoms with E-state index < -0.39 is 0 Å². The molecule has 0 unspecified atom stereocenters. The third-order valence-corrected chi connectivity index (χ3v) is 4.49. The van der Waals surface area contributed by atoms with E-state index in [9.17, 15) is 0 Å². The molecule has 1 aliphatic rings. The Hall–Kier alpha value is -0.0400. The molecule has 13 heavy (non-hydrogen) atoms. The molecule has 1 aliphatic carbocycles. The van der Waals surface area contributed by atoms with Gasteiger partial charge >= 0.3 is 0 Å². The van der Waals surface area contributed by atoms with Gasteiger partial charge in [-0.2, -0.15) is 0 Å². The summed E-state index contributed by atoms with van der Waals surface area (Å²) in [5.41, 5.74) is 6.82. The van der Waals surface area contributed by atoms with Crippen LogP contribution in [-0.2, 0) is 0 Å². The van der Waals surface area contributed by atoms with Crippen LogP contribution in [0.15, 0.2) is 0 Å². The van der Waals surface area contributed by atoms with Crippen LogP contribution >= 0.6 is 0 Å². The fraction of sp³-hybridized carbons (Fsp3) is 1.00. The minimum Gasteiger partial charge on any atom is -0.330 e. The average Bonchev–Trinajstić information content (AvgIpc) is 2.11. The molecule has 0 bridgehead atoms. The van der Waals surface area contributed by atoms with Gasteiger partial charge in [-0.25, -0.2) is 0 Å². The molecular formula is C12H25N. The van der Waals surface area contributed by atoms with Crippen molar-refractivity contribution >= 4 is 0 Å². The van der Waals surface area contributed by atoms with Crippen LogP contribution in [0.2, 0.25) is 0 Å². The van der Waals surface area contributed by atoms with Crippen LogP contribution in [0.25, 0.3) is 0 Å². The molecule has 0 aromatic rings. The van der Waals surface area contributed by atoms with Crippen LogP contribution in [0.5, 0.6) is 0 Å². The predicted molar refractivity (Wildman–Crippen MR) is 58.6 cm³/mol. The van der Waals surface area contributed by atoms with Crippen molar-refractivity contribution in [3.8, 4) is 0 Å². The highest BCUT2D eigenvalue weighted by Crippen LogP contribution is 2.48. The molecule has 0 saturated heterocycles. The van der Waals surface area contributed by atoms with Gasteiger partial charge in [0.05, 0.1) is 0 Å². The Balaban J connectivity index is 2.56. The standard InChI is InChI=1S/C12H25N/c1-10(2)12(4)7-5-11(3,9-13)6-8-12/h10H,5-9,13H2,1-4H3. The van der Waals surface area contributed by atoms with Crippen molar-refractivity contribution in [1.29, 1.82) is 0 Å². The molecule has 1 saturated carbocycles. The fourth-order valence-corrected chi connectivity index (χ4v) is 2.21. The molecule has 0 radical (unpaired) electrons. The van der Waals surface area contributed by atoms with Gasteiger partial charge in [0.25, 0.3) is 0 Å². The van der Waals surface area contributed by atoms with Gasteiger partial charge in [-0.15, -0.1) is 0 Å². The number of hydrogen-bond donors (Lipinski definition) is 1. The molecule has 0 atom stereocenters. The lowest BCUT2D eigenvalue weighted by atomic mass is 9.61. The molecule has 0 heterocycles. The zero-order valence-corrected chi connectivity index (χ0v) is 9.69. The molecule has 0 spiro atoms. The quantitative estimate of drug-likeness (QED) is 0.699. The Labute approximate surface area is 83.1 Å². The summed E-state index contributed by atoms with van der Waals surface area (Å²) >= 11 is 0. The Morgan fingerprint density at radius 3 is 1.85 bits per heavy atom. The third kappa shape index (κ3) is 2.25. The van der Waals surface area contributed by atoms with E-state index in [0.717, 1.165) is 12.5 Å². The van der Waals surface area contributed by atoms with E-state index >= 15 is 0 Å². The molecule has 1 fully saturated rings. The Bertz CT molecular complexity index is 164. The van der Waals surface area contributed by atoms with Crippen LogP contribution in [0, 0.1) is 16.7 Å². The summed E-state index contributed by atoms with van der Waals surface area (Å²) in [7, 11) is 0. The summed E-state index contributed by atoms with van der Waals surface area (Å²) in [6, 6.07) is 0. The van der Waals surface area contributed by atoms with Gasteiger partial charge in [-0.05, 0) is 49.0 Å². The lowest BCUT2D eigenvalue weighted by Crippen LogP contribution is -2.38. The first kappa shape index (κ1) is 11.0. The topological polar surface area (TPSA) is 26.0 Å². The second-order valence-electron chi connectivity index (χ2n) is 5.82. The van der Waals surface area contributed by atoms with E-state index in [-0.39, 0.29) is 0 Å². The predicted octanol–water partition coefficient (Wildman–Crippen LogP) is 3.19. The van der Waals surface area contributed by atoms with Gasteiger partial charge < -0.3 is 5.73 Å². The lowest BCUT2D eigenvalue weighted by Gasteiger charge is -2.45. The zero-order chi connectivity index (χ0) is 10.1. The first-order valence-corrected chi connectivity index (χ1v) is 5.62. The molecule has 0 aliphatic heterocycles. The monoisotopic (exact) mass is 183 g/mol. The highest BCUT2D eigenvalue weighted by atomic mass is 14.6. The van der Waals surface area contributed by atoms with Crippen LogP contribution in [0.4, 0.5) is 0 Å². The van der Waals surface area contributed by atoms with E-state index in [1.165, 1.54) is 25.7 Å². The molecule has 1 nitrogen and oxygen atoms in total. The normalized spacial score (nSPS) is 41.1. The highest BCUT2D eigenvalue weighted by Gasteiger charge is 2.38. The van der Waals surface area contributed by atoms with Crippen molar-refractivity contribution in [3.05, 3.63) is 0 Å². The van der Waals surface area contributed by atoms with E-state index in [1.54, 1.807) is 0 Å². The SMILES string of the molecule is CC(C)C1(C)CCC(C)(CN)CC1. The fourth-order valence-electron chi connectivity index (χ4n) is 2.21. The second-order valence-corrected chi connectivity index (χ2v) is 5.82. The van der Waals surface area contributed by atoms with Crippen molar-refractivity contribution in [1.82, 2.24) is 0 Å². The molecular weight excluding hydrogens is 158 g/mol. The zero-order valence-electron chi connectivity index (χ0n) is 9.69. The molecule has 78 valence electrons. The van der Waals surface area contributed by atoms with Crippen LogP contribution in [0.1, 0.15) is 53.4 Å². The van der Waals surface area contributed by atoms with Crippen molar-refractivity contribution in [2.75, 3.05) is 6.54 Å². The molecule has 1 heteroatoms. The van der Waals surface area contributed by atoms with Gasteiger partial charge in [-0.1, -0.05) is 27.7 Å². The maximum Gasteiger partial charge on any atom is -0.00232 e. The maximum atomic E-state index is 5.80. The average molecular weight is 183 g/mol. The Kier molecular flexibility index (Phi) is 3.06. The Morgan fingerprint density at radius 1 is 1.08 bits per heavy atom. The molecule has 0 aromatic carbocycles. The van der Waals surface area contributed by atoms with E-state index in [4.69, 9.17) is 5.73 Å². The van der Waals surface area contributed by atoms with Gasteiger partial charge in [0.1, 0.15) is 0 Å². The van der Waals surface area contributed by atoms with Gasteiger partial charge in [-0.3, -0.25) is 0 Å². The summed E-state index contributed by atoms with van der Waals surface area (Å²) in [5, 5.41) is 0. The van der Waals surface area contributed by atoms with Gasteiger partial charge in [0.15, 0.2) is 0 Å². The maximum absolute atomic E-state index is 5.80. The van der Waals surface area contributed by atoms with Crippen molar-refractivity contribution < 1.29 is 0 Å². The highest BCUT2D eigenvalue weighted by molar-refractivity contribution is 4.90. The van der Waals surface area contributed by atoms with Crippen LogP contribution < -0.4 is 5.73 Å². The van der Waals surface area contributed by atoms with Gasteiger partial charge in [0.2, 0.25) is 0 Å². The van der Waals surface area contributed by atoms with E-state index in [2.05, 4.69) is 27.7 Å². The second kappa shape index (κ2) is 3.61.